The maximum absolute atomic E-state index is 12.5. The van der Waals surface area contributed by atoms with Crippen molar-refractivity contribution in [2.75, 3.05) is 46.3 Å². The number of nitrogens with zero attached hydrogens (tertiary/aromatic N) is 3. The SMILES string of the molecule is CN=C(NCC(c1ccco1)N1CCCC1)NC1CCN(CC(F)(F)F)C1. The van der Waals surface area contributed by atoms with E-state index in [2.05, 4.69) is 20.5 Å². The van der Waals surface area contributed by atoms with Gasteiger partial charge in [0.2, 0.25) is 0 Å². The molecule has 6 nitrogen and oxygen atoms in total. The summed E-state index contributed by atoms with van der Waals surface area (Å²) in [7, 11) is 1.68. The predicted octanol–water partition coefficient (Wildman–Crippen LogP) is 2.22. The fourth-order valence-electron chi connectivity index (χ4n) is 3.87. The second-order valence-corrected chi connectivity index (χ2v) is 7.21. The summed E-state index contributed by atoms with van der Waals surface area (Å²) >= 11 is 0. The van der Waals surface area contributed by atoms with Crippen LogP contribution in [0.2, 0.25) is 0 Å². The largest absolute Gasteiger partial charge is 0.468 e. The number of hydrogen-bond acceptors (Lipinski definition) is 4. The third kappa shape index (κ3) is 5.87. The molecule has 1 aromatic heterocycles. The van der Waals surface area contributed by atoms with E-state index < -0.39 is 12.7 Å². The number of likely N-dealkylation sites (tertiary alicyclic amines) is 2. The maximum atomic E-state index is 12.5. The Hall–Kier alpha value is -1.74. The number of aliphatic imine (C=N–C) groups is 1. The molecule has 27 heavy (non-hydrogen) atoms. The molecule has 0 bridgehead atoms. The summed E-state index contributed by atoms with van der Waals surface area (Å²) in [5.41, 5.74) is 0. The molecule has 0 radical (unpaired) electrons. The highest BCUT2D eigenvalue weighted by molar-refractivity contribution is 5.80. The molecule has 2 saturated heterocycles. The lowest BCUT2D eigenvalue weighted by Crippen LogP contribution is -2.47. The van der Waals surface area contributed by atoms with Gasteiger partial charge in [0.25, 0.3) is 0 Å². The Bertz CT molecular complexity index is 599. The second kappa shape index (κ2) is 8.97. The van der Waals surface area contributed by atoms with Crippen molar-refractivity contribution < 1.29 is 17.6 Å². The van der Waals surface area contributed by atoms with Crippen LogP contribution in [0.15, 0.2) is 27.8 Å². The molecule has 3 rings (SSSR count). The third-order valence-corrected chi connectivity index (χ3v) is 5.16. The smallest absolute Gasteiger partial charge is 0.401 e. The fraction of sp³-hybridized carbons (Fsp3) is 0.722. The Balaban J connectivity index is 1.51. The van der Waals surface area contributed by atoms with Crippen molar-refractivity contribution in [2.24, 2.45) is 4.99 Å². The van der Waals surface area contributed by atoms with E-state index in [1.807, 2.05) is 12.1 Å². The van der Waals surface area contributed by atoms with Crippen LogP contribution in [0.3, 0.4) is 0 Å². The Kier molecular flexibility index (Phi) is 6.64. The summed E-state index contributed by atoms with van der Waals surface area (Å²) in [5.74, 6) is 1.53. The van der Waals surface area contributed by atoms with Gasteiger partial charge in [-0.2, -0.15) is 13.2 Å². The number of guanidine groups is 1. The lowest BCUT2D eigenvalue weighted by molar-refractivity contribution is -0.143. The molecular formula is C18H28F3N5O. The van der Waals surface area contributed by atoms with E-state index in [9.17, 15) is 13.2 Å². The quantitative estimate of drug-likeness (QED) is 0.579. The molecule has 0 aliphatic carbocycles. The van der Waals surface area contributed by atoms with Crippen molar-refractivity contribution >= 4 is 5.96 Å². The average molecular weight is 387 g/mol. The van der Waals surface area contributed by atoms with E-state index in [-0.39, 0.29) is 12.1 Å². The van der Waals surface area contributed by atoms with Gasteiger partial charge in [0.15, 0.2) is 5.96 Å². The topological polar surface area (TPSA) is 56.0 Å². The van der Waals surface area contributed by atoms with Crippen molar-refractivity contribution in [1.29, 1.82) is 0 Å². The average Bonchev–Trinajstić information content (AvgIpc) is 3.36. The van der Waals surface area contributed by atoms with Crippen LogP contribution in [0.5, 0.6) is 0 Å². The Morgan fingerprint density at radius 1 is 1.33 bits per heavy atom. The van der Waals surface area contributed by atoms with Crippen molar-refractivity contribution in [3.63, 3.8) is 0 Å². The normalized spacial score (nSPS) is 23.7. The summed E-state index contributed by atoms with van der Waals surface area (Å²) in [6.45, 7) is 2.66. The van der Waals surface area contributed by atoms with Crippen LogP contribution in [0.25, 0.3) is 0 Å². The highest BCUT2D eigenvalue weighted by Gasteiger charge is 2.34. The first-order chi connectivity index (χ1) is 12.9. The van der Waals surface area contributed by atoms with Crippen LogP contribution in [-0.2, 0) is 0 Å². The van der Waals surface area contributed by atoms with Crippen LogP contribution in [0.1, 0.15) is 31.1 Å². The molecule has 2 atom stereocenters. The first kappa shape index (κ1) is 20.0. The number of alkyl halides is 3. The van der Waals surface area contributed by atoms with Gasteiger partial charge >= 0.3 is 6.18 Å². The number of halogens is 3. The maximum Gasteiger partial charge on any atom is 0.401 e. The molecule has 0 amide bonds. The van der Waals surface area contributed by atoms with E-state index in [0.717, 1.165) is 18.8 Å². The second-order valence-electron chi connectivity index (χ2n) is 7.21. The molecule has 9 heteroatoms. The standard InChI is InChI=1S/C18H28F3N5O/c1-22-17(24-14-6-9-25(12-14)13-18(19,20)21)23-11-15(16-5-4-10-27-16)26-7-2-3-8-26/h4-5,10,14-15H,2-3,6-9,11-13H2,1H3,(H2,22,23,24). The van der Waals surface area contributed by atoms with Gasteiger partial charge in [0.05, 0.1) is 18.8 Å². The monoisotopic (exact) mass is 387 g/mol. The molecule has 0 aromatic carbocycles. The minimum Gasteiger partial charge on any atom is -0.468 e. The zero-order valence-electron chi connectivity index (χ0n) is 15.6. The molecule has 2 aliphatic heterocycles. The summed E-state index contributed by atoms with van der Waals surface area (Å²) in [6, 6.07) is 3.95. The van der Waals surface area contributed by atoms with E-state index in [4.69, 9.17) is 4.42 Å². The van der Waals surface area contributed by atoms with Gasteiger partial charge < -0.3 is 15.1 Å². The number of rotatable bonds is 6. The van der Waals surface area contributed by atoms with Gasteiger partial charge in [0.1, 0.15) is 5.76 Å². The van der Waals surface area contributed by atoms with Crippen molar-refractivity contribution in [2.45, 2.75) is 37.5 Å². The molecular weight excluding hydrogens is 359 g/mol. The van der Waals surface area contributed by atoms with Crippen molar-refractivity contribution in [3.8, 4) is 0 Å². The van der Waals surface area contributed by atoms with Crippen LogP contribution in [0, 0.1) is 0 Å². The van der Waals surface area contributed by atoms with Crippen LogP contribution < -0.4 is 10.6 Å². The Labute approximate surface area is 157 Å². The summed E-state index contributed by atoms with van der Waals surface area (Å²) in [4.78, 5) is 8.06. The summed E-state index contributed by atoms with van der Waals surface area (Å²) in [5, 5.41) is 6.57. The van der Waals surface area contributed by atoms with E-state index in [1.54, 1.807) is 13.3 Å². The fourth-order valence-corrected chi connectivity index (χ4v) is 3.87. The molecule has 2 unspecified atom stereocenters. The van der Waals surface area contributed by atoms with Crippen LogP contribution >= 0.6 is 0 Å². The van der Waals surface area contributed by atoms with Gasteiger partial charge in [-0.3, -0.25) is 14.8 Å². The Morgan fingerprint density at radius 2 is 2.11 bits per heavy atom. The molecule has 0 saturated carbocycles. The summed E-state index contributed by atoms with van der Waals surface area (Å²) in [6.07, 6.45) is 0.563. The zero-order chi connectivity index (χ0) is 19.3. The molecule has 2 N–H and O–H groups in total. The van der Waals surface area contributed by atoms with Crippen LogP contribution in [0.4, 0.5) is 13.2 Å². The van der Waals surface area contributed by atoms with Gasteiger partial charge in [-0.15, -0.1) is 0 Å². The zero-order valence-corrected chi connectivity index (χ0v) is 15.6. The van der Waals surface area contributed by atoms with Gasteiger partial charge in [-0.1, -0.05) is 0 Å². The van der Waals surface area contributed by atoms with Gasteiger partial charge in [-0.05, 0) is 44.5 Å². The molecule has 1 aromatic rings. The number of hydrogen-bond donors (Lipinski definition) is 2. The molecule has 152 valence electrons. The minimum absolute atomic E-state index is 0.0348. The van der Waals surface area contributed by atoms with E-state index >= 15 is 0 Å². The molecule has 2 fully saturated rings. The number of furan rings is 1. The van der Waals surface area contributed by atoms with E-state index in [1.165, 1.54) is 17.7 Å². The van der Waals surface area contributed by atoms with Crippen LogP contribution in [-0.4, -0.2) is 74.3 Å². The number of nitrogens with one attached hydrogen (secondary N) is 2. The van der Waals surface area contributed by atoms with E-state index in [0.29, 0.717) is 32.0 Å². The summed E-state index contributed by atoms with van der Waals surface area (Å²) < 4.78 is 43.2. The molecule has 2 aliphatic rings. The molecule has 3 heterocycles. The van der Waals surface area contributed by atoms with Gasteiger partial charge in [0, 0.05) is 32.7 Å². The third-order valence-electron chi connectivity index (χ3n) is 5.16. The lowest BCUT2D eigenvalue weighted by atomic mass is 10.2. The molecule has 0 spiro atoms. The first-order valence-corrected chi connectivity index (χ1v) is 9.48. The lowest BCUT2D eigenvalue weighted by Gasteiger charge is -2.27. The predicted molar refractivity (Wildman–Crippen MR) is 97.7 cm³/mol. The van der Waals surface area contributed by atoms with Gasteiger partial charge in [-0.25, -0.2) is 0 Å². The highest BCUT2D eigenvalue weighted by atomic mass is 19.4. The first-order valence-electron chi connectivity index (χ1n) is 9.48. The van der Waals surface area contributed by atoms with Crippen molar-refractivity contribution in [1.82, 2.24) is 20.4 Å². The van der Waals surface area contributed by atoms with Crippen molar-refractivity contribution in [3.05, 3.63) is 24.2 Å². The minimum atomic E-state index is -4.15. The highest BCUT2D eigenvalue weighted by Crippen LogP contribution is 2.25. The Morgan fingerprint density at radius 3 is 2.74 bits per heavy atom.